The number of rotatable bonds is 9. The highest BCUT2D eigenvalue weighted by Gasteiger charge is 2.11. The van der Waals surface area contributed by atoms with E-state index in [0.29, 0.717) is 36.0 Å². The number of amides is 1. The van der Waals surface area contributed by atoms with Gasteiger partial charge >= 0.3 is 0 Å². The fourth-order valence-electron chi connectivity index (χ4n) is 2.80. The summed E-state index contributed by atoms with van der Waals surface area (Å²) in [4.78, 5) is 12.5. The van der Waals surface area contributed by atoms with Gasteiger partial charge in [-0.15, -0.1) is 0 Å². The Morgan fingerprint density at radius 1 is 1.00 bits per heavy atom. The summed E-state index contributed by atoms with van der Waals surface area (Å²) in [5.74, 6) is 1.35. The van der Waals surface area contributed by atoms with Crippen molar-refractivity contribution in [2.24, 2.45) is 5.10 Å². The minimum absolute atomic E-state index is 0.364. The number of nitrogens with zero attached hydrogens (tertiary/aromatic N) is 1. The first kappa shape index (κ1) is 22.4. The summed E-state index contributed by atoms with van der Waals surface area (Å²) in [6.45, 7) is 2.85. The highest BCUT2D eigenvalue weighted by Crippen LogP contribution is 2.29. The Hall–Kier alpha value is -3.32. The molecule has 31 heavy (non-hydrogen) atoms. The van der Waals surface area contributed by atoms with E-state index in [1.165, 1.54) is 7.11 Å². The van der Waals surface area contributed by atoms with Gasteiger partial charge in [-0.2, -0.15) is 5.10 Å². The van der Waals surface area contributed by atoms with E-state index in [4.69, 9.17) is 14.2 Å². The summed E-state index contributed by atoms with van der Waals surface area (Å²) in [5.41, 5.74) is 4.72. The Morgan fingerprint density at radius 2 is 1.77 bits per heavy atom. The minimum atomic E-state index is -0.364. The van der Waals surface area contributed by atoms with Gasteiger partial charge in [-0.1, -0.05) is 46.3 Å². The van der Waals surface area contributed by atoms with Crippen LogP contribution in [0.5, 0.6) is 17.2 Å². The van der Waals surface area contributed by atoms with E-state index in [-0.39, 0.29) is 5.91 Å². The molecule has 0 aliphatic rings. The molecule has 6 nitrogen and oxygen atoms in total. The van der Waals surface area contributed by atoms with Crippen molar-refractivity contribution < 1.29 is 19.0 Å². The van der Waals surface area contributed by atoms with Crippen LogP contribution < -0.4 is 19.6 Å². The van der Waals surface area contributed by atoms with Gasteiger partial charge in [0.15, 0.2) is 11.5 Å². The lowest BCUT2D eigenvalue weighted by atomic mass is 10.2. The Kier molecular flexibility index (Phi) is 8.06. The normalized spacial score (nSPS) is 10.7. The average molecular weight is 483 g/mol. The smallest absolute Gasteiger partial charge is 0.271 e. The van der Waals surface area contributed by atoms with Crippen LogP contribution in [-0.4, -0.2) is 25.8 Å². The van der Waals surface area contributed by atoms with Crippen LogP contribution in [0.25, 0.3) is 0 Å². The van der Waals surface area contributed by atoms with Gasteiger partial charge < -0.3 is 14.2 Å². The molecule has 0 heterocycles. The summed E-state index contributed by atoms with van der Waals surface area (Å²) in [7, 11) is 1.53. The van der Waals surface area contributed by atoms with Crippen molar-refractivity contribution in [2.75, 3.05) is 13.7 Å². The number of halogens is 1. The van der Waals surface area contributed by atoms with Crippen LogP contribution >= 0.6 is 15.9 Å². The number of nitrogens with one attached hydrogen (secondary N) is 1. The third kappa shape index (κ3) is 6.33. The topological polar surface area (TPSA) is 69.2 Å². The van der Waals surface area contributed by atoms with Crippen LogP contribution in [0, 0.1) is 0 Å². The molecular formula is C24H23BrN2O4. The van der Waals surface area contributed by atoms with Crippen LogP contribution in [-0.2, 0) is 6.61 Å². The third-order valence-corrected chi connectivity index (χ3v) is 4.80. The second-order valence-corrected chi connectivity index (χ2v) is 7.37. The van der Waals surface area contributed by atoms with Gasteiger partial charge in [0.2, 0.25) is 0 Å². The van der Waals surface area contributed by atoms with Gasteiger partial charge in [0, 0.05) is 15.6 Å². The Labute approximate surface area is 190 Å². The van der Waals surface area contributed by atoms with E-state index in [9.17, 15) is 4.79 Å². The predicted octanol–water partition coefficient (Wildman–Crippen LogP) is 5.20. The van der Waals surface area contributed by atoms with Crippen molar-refractivity contribution in [2.45, 2.75) is 13.5 Å². The van der Waals surface area contributed by atoms with E-state index in [0.717, 1.165) is 15.6 Å². The number of hydrogen-bond acceptors (Lipinski definition) is 5. The summed E-state index contributed by atoms with van der Waals surface area (Å²) < 4.78 is 17.7. The van der Waals surface area contributed by atoms with Gasteiger partial charge in [-0.05, 0) is 48.9 Å². The SMILES string of the molecule is CCOc1ccc(Br)cc1/C=N/NC(=O)c1ccc(OCc2ccccc2)c(OC)c1. The van der Waals surface area contributed by atoms with Crippen molar-refractivity contribution >= 4 is 28.1 Å². The average Bonchev–Trinajstić information content (AvgIpc) is 2.80. The fourth-order valence-corrected chi connectivity index (χ4v) is 3.17. The van der Waals surface area contributed by atoms with Crippen LogP contribution in [0.1, 0.15) is 28.4 Å². The molecule has 0 aromatic heterocycles. The molecule has 3 rings (SSSR count). The monoisotopic (exact) mass is 482 g/mol. The van der Waals surface area contributed by atoms with Gasteiger partial charge in [0.25, 0.3) is 5.91 Å². The number of ether oxygens (including phenoxy) is 3. The number of carbonyl (C=O) groups excluding carboxylic acids is 1. The van der Waals surface area contributed by atoms with Crippen LogP contribution in [0.2, 0.25) is 0 Å². The Morgan fingerprint density at radius 3 is 2.52 bits per heavy atom. The zero-order valence-corrected chi connectivity index (χ0v) is 18.9. The maximum absolute atomic E-state index is 12.5. The number of benzene rings is 3. The maximum atomic E-state index is 12.5. The molecular weight excluding hydrogens is 460 g/mol. The van der Waals surface area contributed by atoms with Crippen LogP contribution in [0.3, 0.4) is 0 Å². The molecule has 3 aromatic rings. The molecule has 0 atom stereocenters. The molecule has 0 saturated carbocycles. The maximum Gasteiger partial charge on any atom is 0.271 e. The number of hydrazone groups is 1. The summed E-state index contributed by atoms with van der Waals surface area (Å²) in [5, 5.41) is 4.06. The highest BCUT2D eigenvalue weighted by atomic mass is 79.9. The van der Waals surface area contributed by atoms with E-state index in [2.05, 4.69) is 26.5 Å². The van der Waals surface area contributed by atoms with Gasteiger partial charge in [0.05, 0.1) is 19.9 Å². The zero-order chi connectivity index (χ0) is 22.1. The molecule has 160 valence electrons. The van der Waals surface area contributed by atoms with Gasteiger partial charge in [0.1, 0.15) is 12.4 Å². The quantitative estimate of drug-likeness (QED) is 0.336. The zero-order valence-electron chi connectivity index (χ0n) is 17.3. The standard InChI is InChI=1S/C24H23BrN2O4/c1-3-30-21-12-10-20(25)13-19(21)15-26-27-24(28)18-9-11-22(23(14-18)29-2)31-16-17-7-5-4-6-8-17/h4-15H,3,16H2,1-2H3,(H,27,28)/b26-15+. The van der Waals surface area contributed by atoms with Crippen molar-refractivity contribution in [3.05, 3.63) is 87.9 Å². The number of carbonyl (C=O) groups is 1. The molecule has 0 unspecified atom stereocenters. The first-order valence-corrected chi connectivity index (χ1v) is 10.5. The largest absolute Gasteiger partial charge is 0.493 e. The third-order valence-electron chi connectivity index (χ3n) is 4.30. The molecule has 0 aliphatic heterocycles. The lowest BCUT2D eigenvalue weighted by Crippen LogP contribution is -2.17. The highest BCUT2D eigenvalue weighted by molar-refractivity contribution is 9.10. The Bertz CT molecular complexity index is 1050. The van der Waals surface area contributed by atoms with Crippen molar-refractivity contribution in [3.8, 4) is 17.2 Å². The molecule has 1 amide bonds. The van der Waals surface area contributed by atoms with E-state index in [1.807, 2.05) is 55.5 Å². The van der Waals surface area contributed by atoms with Crippen LogP contribution in [0.4, 0.5) is 0 Å². The van der Waals surface area contributed by atoms with E-state index < -0.39 is 0 Å². The van der Waals surface area contributed by atoms with Crippen molar-refractivity contribution in [3.63, 3.8) is 0 Å². The molecule has 0 fully saturated rings. The molecule has 0 bridgehead atoms. The fraction of sp³-hybridized carbons (Fsp3) is 0.167. The lowest BCUT2D eigenvalue weighted by Gasteiger charge is -2.12. The molecule has 0 saturated heterocycles. The van der Waals surface area contributed by atoms with Crippen LogP contribution in [0.15, 0.2) is 76.3 Å². The molecule has 7 heteroatoms. The molecule has 0 aliphatic carbocycles. The van der Waals surface area contributed by atoms with Gasteiger partial charge in [-0.25, -0.2) is 5.43 Å². The predicted molar refractivity (Wildman–Crippen MR) is 124 cm³/mol. The van der Waals surface area contributed by atoms with E-state index >= 15 is 0 Å². The second-order valence-electron chi connectivity index (χ2n) is 6.45. The molecule has 0 spiro atoms. The summed E-state index contributed by atoms with van der Waals surface area (Å²) >= 11 is 3.42. The molecule has 3 aromatic carbocycles. The first-order chi connectivity index (χ1) is 15.1. The van der Waals surface area contributed by atoms with Crippen molar-refractivity contribution in [1.29, 1.82) is 0 Å². The van der Waals surface area contributed by atoms with Gasteiger partial charge in [-0.3, -0.25) is 4.79 Å². The second kappa shape index (κ2) is 11.2. The molecule has 1 N–H and O–H groups in total. The Balaban J connectivity index is 1.66. The van der Waals surface area contributed by atoms with Crippen molar-refractivity contribution in [1.82, 2.24) is 5.43 Å². The molecule has 0 radical (unpaired) electrons. The number of hydrogen-bond donors (Lipinski definition) is 1. The first-order valence-electron chi connectivity index (χ1n) is 9.71. The minimum Gasteiger partial charge on any atom is -0.493 e. The summed E-state index contributed by atoms with van der Waals surface area (Å²) in [6, 6.07) is 20.4. The number of methoxy groups -OCH3 is 1. The summed E-state index contributed by atoms with van der Waals surface area (Å²) in [6.07, 6.45) is 1.54. The van der Waals surface area contributed by atoms with E-state index in [1.54, 1.807) is 24.4 Å². The lowest BCUT2D eigenvalue weighted by molar-refractivity contribution is 0.0954.